The fourth-order valence-electron chi connectivity index (χ4n) is 1.02. The summed E-state index contributed by atoms with van der Waals surface area (Å²) in [6.45, 7) is 3.69. The van der Waals surface area contributed by atoms with Gasteiger partial charge in [-0.3, -0.25) is 0 Å². The van der Waals surface area contributed by atoms with Gasteiger partial charge in [0.1, 0.15) is 5.56 Å². The SMILES string of the molecule is CCOc1cc(C(=O)O)c(O)c(C)n1. The zero-order chi connectivity index (χ0) is 10.7. The average Bonchev–Trinajstić information content (AvgIpc) is 2.11. The van der Waals surface area contributed by atoms with Gasteiger partial charge in [0.25, 0.3) is 0 Å². The van der Waals surface area contributed by atoms with Gasteiger partial charge in [-0.15, -0.1) is 0 Å². The number of rotatable bonds is 3. The summed E-state index contributed by atoms with van der Waals surface area (Å²) in [6, 6.07) is 1.20. The van der Waals surface area contributed by atoms with Gasteiger partial charge >= 0.3 is 5.97 Å². The van der Waals surface area contributed by atoms with Crippen LogP contribution in [-0.2, 0) is 0 Å². The molecule has 0 aliphatic heterocycles. The van der Waals surface area contributed by atoms with E-state index in [1.54, 1.807) is 6.92 Å². The normalized spacial score (nSPS) is 9.86. The molecule has 0 saturated heterocycles. The molecule has 5 heteroatoms. The zero-order valence-corrected chi connectivity index (χ0v) is 7.94. The molecule has 5 nitrogen and oxygen atoms in total. The van der Waals surface area contributed by atoms with E-state index in [1.807, 2.05) is 0 Å². The number of ether oxygens (including phenoxy) is 1. The molecule has 0 radical (unpaired) electrons. The number of carbonyl (C=O) groups is 1. The lowest BCUT2D eigenvalue weighted by Gasteiger charge is -2.06. The molecular formula is C9H11NO4. The maximum absolute atomic E-state index is 10.7. The second kappa shape index (κ2) is 3.95. The topological polar surface area (TPSA) is 79.7 Å². The Labute approximate surface area is 81.0 Å². The van der Waals surface area contributed by atoms with Crippen LogP contribution >= 0.6 is 0 Å². The van der Waals surface area contributed by atoms with E-state index in [4.69, 9.17) is 9.84 Å². The van der Waals surface area contributed by atoms with E-state index in [2.05, 4.69) is 4.98 Å². The lowest BCUT2D eigenvalue weighted by atomic mass is 10.2. The Morgan fingerprint density at radius 3 is 2.79 bits per heavy atom. The fourth-order valence-corrected chi connectivity index (χ4v) is 1.02. The molecule has 14 heavy (non-hydrogen) atoms. The van der Waals surface area contributed by atoms with Crippen LogP contribution < -0.4 is 4.74 Å². The summed E-state index contributed by atoms with van der Waals surface area (Å²) in [4.78, 5) is 14.6. The van der Waals surface area contributed by atoms with Gasteiger partial charge in [-0.25, -0.2) is 9.78 Å². The van der Waals surface area contributed by atoms with Crippen molar-refractivity contribution in [2.24, 2.45) is 0 Å². The Balaban J connectivity index is 3.21. The molecule has 1 aromatic rings. The molecule has 0 bridgehead atoms. The van der Waals surface area contributed by atoms with Crippen LogP contribution in [0.15, 0.2) is 6.07 Å². The van der Waals surface area contributed by atoms with Crippen LogP contribution in [0.5, 0.6) is 11.6 Å². The van der Waals surface area contributed by atoms with Crippen LogP contribution in [0.25, 0.3) is 0 Å². The molecule has 0 fully saturated rings. The number of carboxylic acids is 1. The lowest BCUT2D eigenvalue weighted by Crippen LogP contribution is -2.03. The van der Waals surface area contributed by atoms with E-state index < -0.39 is 5.97 Å². The third-order valence-electron chi connectivity index (χ3n) is 1.67. The van der Waals surface area contributed by atoms with E-state index in [9.17, 15) is 9.90 Å². The zero-order valence-electron chi connectivity index (χ0n) is 7.94. The Morgan fingerprint density at radius 1 is 1.64 bits per heavy atom. The second-order valence-electron chi connectivity index (χ2n) is 2.68. The summed E-state index contributed by atoms with van der Waals surface area (Å²) in [6.07, 6.45) is 0. The molecule has 0 amide bonds. The highest BCUT2D eigenvalue weighted by Crippen LogP contribution is 2.24. The number of hydrogen-bond acceptors (Lipinski definition) is 4. The maximum atomic E-state index is 10.7. The number of carboxylic acid groups (broad SMARTS) is 1. The molecular weight excluding hydrogens is 186 g/mol. The summed E-state index contributed by atoms with van der Waals surface area (Å²) < 4.78 is 5.05. The summed E-state index contributed by atoms with van der Waals surface area (Å²) in [5, 5.41) is 18.1. The molecule has 0 unspecified atom stereocenters. The van der Waals surface area contributed by atoms with Gasteiger partial charge in [0, 0.05) is 6.07 Å². The third kappa shape index (κ3) is 1.93. The van der Waals surface area contributed by atoms with Crippen molar-refractivity contribution in [2.75, 3.05) is 6.61 Å². The predicted molar refractivity (Wildman–Crippen MR) is 48.8 cm³/mol. The van der Waals surface area contributed by atoms with E-state index >= 15 is 0 Å². The number of aromatic carboxylic acids is 1. The monoisotopic (exact) mass is 197 g/mol. The minimum absolute atomic E-state index is 0.194. The van der Waals surface area contributed by atoms with Crippen LogP contribution in [0.1, 0.15) is 23.0 Å². The third-order valence-corrected chi connectivity index (χ3v) is 1.67. The molecule has 76 valence electrons. The van der Waals surface area contributed by atoms with Crippen molar-refractivity contribution < 1.29 is 19.7 Å². The molecule has 1 aromatic heterocycles. The first-order chi connectivity index (χ1) is 6.56. The Hall–Kier alpha value is -1.78. The Bertz CT molecular complexity index is 362. The molecule has 1 heterocycles. The van der Waals surface area contributed by atoms with Crippen LogP contribution in [0.3, 0.4) is 0 Å². The minimum atomic E-state index is -1.20. The highest BCUT2D eigenvalue weighted by Gasteiger charge is 2.14. The molecule has 0 spiro atoms. The van der Waals surface area contributed by atoms with E-state index in [0.717, 1.165) is 0 Å². The highest BCUT2D eigenvalue weighted by atomic mass is 16.5. The lowest BCUT2D eigenvalue weighted by molar-refractivity contribution is 0.0692. The fraction of sp³-hybridized carbons (Fsp3) is 0.333. The maximum Gasteiger partial charge on any atom is 0.339 e. The Kier molecular flexibility index (Phi) is 2.91. The number of pyridine rings is 1. The van der Waals surface area contributed by atoms with Gasteiger partial charge in [-0.05, 0) is 13.8 Å². The number of aromatic nitrogens is 1. The molecule has 2 N–H and O–H groups in total. The largest absolute Gasteiger partial charge is 0.505 e. The molecule has 0 saturated carbocycles. The van der Waals surface area contributed by atoms with Gasteiger partial charge in [-0.2, -0.15) is 0 Å². The minimum Gasteiger partial charge on any atom is -0.505 e. The first kappa shape index (κ1) is 10.3. The quantitative estimate of drug-likeness (QED) is 0.760. The number of aromatic hydroxyl groups is 1. The van der Waals surface area contributed by atoms with Gasteiger partial charge in [-0.1, -0.05) is 0 Å². The first-order valence-electron chi connectivity index (χ1n) is 4.13. The molecule has 0 aromatic carbocycles. The van der Waals surface area contributed by atoms with Gasteiger partial charge < -0.3 is 14.9 Å². The molecule has 1 rings (SSSR count). The van der Waals surface area contributed by atoms with Crippen molar-refractivity contribution in [3.8, 4) is 11.6 Å². The van der Waals surface area contributed by atoms with Crippen LogP contribution in [0.4, 0.5) is 0 Å². The Morgan fingerprint density at radius 2 is 2.29 bits per heavy atom. The first-order valence-corrected chi connectivity index (χ1v) is 4.13. The molecule has 0 aliphatic rings. The van der Waals surface area contributed by atoms with Crippen molar-refractivity contribution in [1.29, 1.82) is 0 Å². The number of nitrogens with zero attached hydrogens (tertiary/aromatic N) is 1. The van der Waals surface area contributed by atoms with Crippen LogP contribution in [-0.4, -0.2) is 27.8 Å². The smallest absolute Gasteiger partial charge is 0.339 e. The summed E-state index contributed by atoms with van der Waals surface area (Å²) >= 11 is 0. The van der Waals surface area contributed by atoms with E-state index in [0.29, 0.717) is 6.61 Å². The van der Waals surface area contributed by atoms with Crippen molar-refractivity contribution in [2.45, 2.75) is 13.8 Å². The van der Waals surface area contributed by atoms with Crippen molar-refractivity contribution >= 4 is 5.97 Å². The predicted octanol–water partition coefficient (Wildman–Crippen LogP) is 1.19. The standard InChI is InChI=1S/C9H11NO4/c1-3-14-7-4-6(9(12)13)8(11)5(2)10-7/h4,11H,3H2,1-2H3,(H,12,13). The van der Waals surface area contributed by atoms with Crippen LogP contribution in [0.2, 0.25) is 0 Å². The van der Waals surface area contributed by atoms with Crippen molar-refractivity contribution in [3.05, 3.63) is 17.3 Å². The summed E-state index contributed by atoms with van der Waals surface area (Å²) in [5.41, 5.74) is 0.0503. The molecule has 0 aliphatic carbocycles. The van der Waals surface area contributed by atoms with Gasteiger partial charge in [0.15, 0.2) is 5.75 Å². The molecule has 0 atom stereocenters. The van der Waals surface area contributed by atoms with E-state index in [-0.39, 0.29) is 22.9 Å². The highest BCUT2D eigenvalue weighted by molar-refractivity contribution is 5.91. The summed E-state index contributed by atoms with van der Waals surface area (Å²) in [7, 11) is 0. The van der Waals surface area contributed by atoms with Gasteiger partial charge in [0.2, 0.25) is 5.88 Å². The van der Waals surface area contributed by atoms with E-state index in [1.165, 1.54) is 13.0 Å². The van der Waals surface area contributed by atoms with Crippen molar-refractivity contribution in [3.63, 3.8) is 0 Å². The second-order valence-corrected chi connectivity index (χ2v) is 2.68. The van der Waals surface area contributed by atoms with Gasteiger partial charge in [0.05, 0.1) is 12.3 Å². The average molecular weight is 197 g/mol. The van der Waals surface area contributed by atoms with Crippen molar-refractivity contribution in [1.82, 2.24) is 4.98 Å². The number of hydrogen-bond donors (Lipinski definition) is 2. The summed E-state index contributed by atoms with van der Waals surface area (Å²) in [5.74, 6) is -1.31. The van der Waals surface area contributed by atoms with Crippen LogP contribution in [0, 0.1) is 6.92 Å². The number of aryl methyl sites for hydroxylation is 1.